The van der Waals surface area contributed by atoms with Gasteiger partial charge in [0.25, 0.3) is 0 Å². The van der Waals surface area contributed by atoms with Crippen LogP contribution in [0.25, 0.3) is 22.5 Å². The van der Waals surface area contributed by atoms with Gasteiger partial charge in [0, 0.05) is 24.9 Å². The number of rotatable bonds is 7. The highest BCUT2D eigenvalue weighted by atomic mass is 16.3. The first-order chi connectivity index (χ1) is 12.1. The lowest BCUT2D eigenvalue weighted by atomic mass is 10.2. The van der Waals surface area contributed by atoms with Crippen molar-refractivity contribution in [1.82, 2.24) is 15.3 Å². The molecular formula is C19H22N4O2. The van der Waals surface area contributed by atoms with E-state index in [1.807, 2.05) is 30.3 Å². The molecule has 0 atom stereocenters. The molecule has 3 rings (SSSR count). The van der Waals surface area contributed by atoms with Crippen LogP contribution in [0, 0.1) is 5.92 Å². The van der Waals surface area contributed by atoms with Gasteiger partial charge in [-0.3, -0.25) is 4.79 Å². The van der Waals surface area contributed by atoms with E-state index in [4.69, 9.17) is 4.42 Å². The molecule has 0 bridgehead atoms. The van der Waals surface area contributed by atoms with Gasteiger partial charge >= 0.3 is 0 Å². The van der Waals surface area contributed by atoms with Crippen molar-refractivity contribution in [3.05, 3.63) is 42.7 Å². The molecule has 3 aromatic rings. The number of nitrogens with zero attached hydrogens (tertiary/aromatic N) is 2. The first-order valence-corrected chi connectivity index (χ1v) is 8.44. The number of carbonyl (C=O) groups is 1. The number of hydrogen-bond acceptors (Lipinski definition) is 5. The summed E-state index contributed by atoms with van der Waals surface area (Å²) in [5.41, 5.74) is 0.829. The van der Waals surface area contributed by atoms with Crippen LogP contribution in [0.5, 0.6) is 0 Å². The maximum Gasteiger partial charge on any atom is 0.221 e. The number of amides is 1. The maximum absolute atomic E-state index is 11.9. The summed E-state index contributed by atoms with van der Waals surface area (Å²) in [7, 11) is 0. The van der Waals surface area contributed by atoms with Gasteiger partial charge in [-0.1, -0.05) is 26.0 Å². The van der Waals surface area contributed by atoms with Gasteiger partial charge in [0.2, 0.25) is 5.91 Å². The van der Waals surface area contributed by atoms with Crippen molar-refractivity contribution in [3.8, 4) is 11.6 Å². The summed E-state index contributed by atoms with van der Waals surface area (Å²) in [6, 6.07) is 11.4. The van der Waals surface area contributed by atoms with Crippen molar-refractivity contribution in [2.45, 2.75) is 20.3 Å². The smallest absolute Gasteiger partial charge is 0.221 e. The summed E-state index contributed by atoms with van der Waals surface area (Å²) in [5, 5.41) is 7.08. The number of carbonyl (C=O) groups excluding carboxylic acids is 1. The topological polar surface area (TPSA) is 80.0 Å². The Labute approximate surface area is 146 Å². The molecular weight excluding hydrogens is 316 g/mol. The molecule has 25 heavy (non-hydrogen) atoms. The molecule has 0 unspecified atom stereocenters. The Hall–Kier alpha value is -2.89. The Bertz CT molecular complexity index is 844. The van der Waals surface area contributed by atoms with Crippen molar-refractivity contribution in [3.63, 3.8) is 0 Å². The first kappa shape index (κ1) is 17.0. The zero-order valence-corrected chi connectivity index (χ0v) is 14.5. The Morgan fingerprint density at radius 3 is 2.76 bits per heavy atom. The SMILES string of the molecule is CC(C)CNC(=O)CCNc1nc(-c2ccco2)nc2ccccc12. The minimum Gasteiger partial charge on any atom is -0.461 e. The van der Waals surface area contributed by atoms with Crippen LogP contribution in [-0.2, 0) is 4.79 Å². The van der Waals surface area contributed by atoms with Crippen LogP contribution in [0.1, 0.15) is 20.3 Å². The number of nitrogens with one attached hydrogen (secondary N) is 2. The van der Waals surface area contributed by atoms with Crippen molar-refractivity contribution < 1.29 is 9.21 Å². The van der Waals surface area contributed by atoms with E-state index < -0.39 is 0 Å². The molecule has 6 heteroatoms. The summed E-state index contributed by atoms with van der Waals surface area (Å²) in [6.07, 6.45) is 1.99. The van der Waals surface area contributed by atoms with E-state index >= 15 is 0 Å². The molecule has 0 aliphatic rings. The van der Waals surface area contributed by atoms with Crippen molar-refractivity contribution >= 4 is 22.6 Å². The van der Waals surface area contributed by atoms with E-state index in [1.165, 1.54) is 0 Å². The average molecular weight is 338 g/mol. The monoisotopic (exact) mass is 338 g/mol. The molecule has 2 heterocycles. The van der Waals surface area contributed by atoms with Crippen molar-refractivity contribution in [2.24, 2.45) is 5.92 Å². The molecule has 0 spiro atoms. The number of fused-ring (bicyclic) bond motifs is 1. The fraction of sp³-hybridized carbons (Fsp3) is 0.316. The molecule has 0 radical (unpaired) electrons. The van der Waals surface area contributed by atoms with E-state index in [0.29, 0.717) is 42.8 Å². The maximum atomic E-state index is 11.9. The Morgan fingerprint density at radius 2 is 2.00 bits per heavy atom. The van der Waals surface area contributed by atoms with Crippen LogP contribution in [0.4, 0.5) is 5.82 Å². The summed E-state index contributed by atoms with van der Waals surface area (Å²) >= 11 is 0. The van der Waals surface area contributed by atoms with Gasteiger partial charge in [-0.2, -0.15) is 0 Å². The zero-order valence-electron chi connectivity index (χ0n) is 14.5. The number of aromatic nitrogens is 2. The molecule has 0 aliphatic heterocycles. The van der Waals surface area contributed by atoms with Crippen LogP contribution in [0.15, 0.2) is 47.1 Å². The van der Waals surface area contributed by atoms with Crippen LogP contribution in [0.2, 0.25) is 0 Å². The van der Waals surface area contributed by atoms with E-state index in [9.17, 15) is 4.79 Å². The predicted molar refractivity (Wildman–Crippen MR) is 98.2 cm³/mol. The summed E-state index contributed by atoms with van der Waals surface area (Å²) in [5.74, 6) is 2.32. The number of benzene rings is 1. The average Bonchev–Trinajstić information content (AvgIpc) is 3.14. The number of para-hydroxylation sites is 1. The lowest BCUT2D eigenvalue weighted by molar-refractivity contribution is -0.120. The molecule has 1 amide bonds. The molecule has 2 aromatic heterocycles. The van der Waals surface area contributed by atoms with Gasteiger partial charge in [0.05, 0.1) is 11.8 Å². The second kappa shape index (κ2) is 7.79. The van der Waals surface area contributed by atoms with E-state index in [2.05, 4.69) is 34.4 Å². The number of anilines is 1. The van der Waals surface area contributed by atoms with Crippen LogP contribution in [0.3, 0.4) is 0 Å². The zero-order chi connectivity index (χ0) is 17.6. The third-order valence-electron chi connectivity index (χ3n) is 3.70. The second-order valence-corrected chi connectivity index (χ2v) is 6.26. The lowest BCUT2D eigenvalue weighted by Crippen LogP contribution is -2.28. The Kier molecular flexibility index (Phi) is 5.28. The number of hydrogen-bond donors (Lipinski definition) is 2. The summed E-state index contributed by atoms with van der Waals surface area (Å²) in [4.78, 5) is 21.0. The van der Waals surface area contributed by atoms with Gasteiger partial charge in [0.15, 0.2) is 11.6 Å². The normalized spacial score (nSPS) is 11.0. The third kappa shape index (κ3) is 4.35. The molecule has 0 saturated heterocycles. The fourth-order valence-corrected chi connectivity index (χ4v) is 2.43. The summed E-state index contributed by atoms with van der Waals surface area (Å²) < 4.78 is 5.40. The van der Waals surface area contributed by atoms with Gasteiger partial charge in [-0.15, -0.1) is 0 Å². The molecule has 6 nitrogen and oxygen atoms in total. The van der Waals surface area contributed by atoms with E-state index in [0.717, 1.165) is 10.9 Å². The Morgan fingerprint density at radius 1 is 1.16 bits per heavy atom. The van der Waals surface area contributed by atoms with Crippen molar-refractivity contribution in [1.29, 1.82) is 0 Å². The molecule has 2 N–H and O–H groups in total. The molecule has 0 aliphatic carbocycles. The highest BCUT2D eigenvalue weighted by molar-refractivity contribution is 5.90. The largest absolute Gasteiger partial charge is 0.461 e. The van der Waals surface area contributed by atoms with Crippen LogP contribution in [-0.4, -0.2) is 29.0 Å². The minimum atomic E-state index is 0.0332. The lowest BCUT2D eigenvalue weighted by Gasteiger charge is -2.11. The highest BCUT2D eigenvalue weighted by Gasteiger charge is 2.11. The van der Waals surface area contributed by atoms with E-state index in [1.54, 1.807) is 12.3 Å². The number of furan rings is 1. The van der Waals surface area contributed by atoms with Crippen LogP contribution >= 0.6 is 0 Å². The van der Waals surface area contributed by atoms with Gasteiger partial charge in [-0.05, 0) is 30.2 Å². The van der Waals surface area contributed by atoms with Gasteiger partial charge < -0.3 is 15.1 Å². The van der Waals surface area contributed by atoms with Gasteiger partial charge in [-0.25, -0.2) is 9.97 Å². The minimum absolute atomic E-state index is 0.0332. The quantitative estimate of drug-likeness (QED) is 0.689. The van der Waals surface area contributed by atoms with Gasteiger partial charge in [0.1, 0.15) is 5.82 Å². The first-order valence-electron chi connectivity index (χ1n) is 8.44. The van der Waals surface area contributed by atoms with E-state index in [-0.39, 0.29) is 5.91 Å². The Balaban J connectivity index is 1.75. The molecule has 1 aromatic carbocycles. The predicted octanol–water partition coefficient (Wildman–Crippen LogP) is 3.46. The highest BCUT2D eigenvalue weighted by Crippen LogP contribution is 2.24. The summed E-state index contributed by atoms with van der Waals surface area (Å²) in [6.45, 7) is 5.34. The third-order valence-corrected chi connectivity index (χ3v) is 3.70. The fourth-order valence-electron chi connectivity index (χ4n) is 2.43. The molecule has 0 saturated carbocycles. The molecule has 130 valence electrons. The van der Waals surface area contributed by atoms with Crippen LogP contribution < -0.4 is 10.6 Å². The molecule has 0 fully saturated rings. The standard InChI is InChI=1S/C19H22N4O2/c1-13(2)12-21-17(24)9-10-20-18-14-6-3-4-7-15(14)22-19(23-18)16-8-5-11-25-16/h3-8,11,13H,9-10,12H2,1-2H3,(H,21,24)(H,20,22,23). The second-order valence-electron chi connectivity index (χ2n) is 6.26. The van der Waals surface area contributed by atoms with Crippen molar-refractivity contribution in [2.75, 3.05) is 18.4 Å².